The molecule has 5 nitrogen and oxygen atoms in total. The molecule has 1 aromatic heterocycles. The number of benzene rings is 1. The summed E-state index contributed by atoms with van der Waals surface area (Å²) in [6, 6.07) is 15.6. The van der Waals surface area contributed by atoms with Crippen LogP contribution >= 0.6 is 0 Å². The normalized spacial score (nSPS) is 17.2. The summed E-state index contributed by atoms with van der Waals surface area (Å²) >= 11 is 0. The molecule has 1 aliphatic heterocycles. The Morgan fingerprint density at radius 1 is 1.25 bits per heavy atom. The molecule has 0 N–H and O–H groups in total. The molecule has 24 heavy (non-hydrogen) atoms. The summed E-state index contributed by atoms with van der Waals surface area (Å²) in [6.45, 7) is 2.48. The van der Waals surface area contributed by atoms with Crippen LogP contribution in [0.15, 0.2) is 54.7 Å². The highest BCUT2D eigenvalue weighted by Crippen LogP contribution is 2.18. The SMILES string of the molecule is CN(CC(=O)N1CCC(Oc2ccccc2)C1)Cc1ccccn1. The lowest BCUT2D eigenvalue weighted by atomic mass is 10.3. The summed E-state index contributed by atoms with van der Waals surface area (Å²) < 4.78 is 5.94. The summed E-state index contributed by atoms with van der Waals surface area (Å²) in [5.41, 5.74) is 0.972. The van der Waals surface area contributed by atoms with Crippen LogP contribution in [0.4, 0.5) is 0 Å². The van der Waals surface area contributed by atoms with Gasteiger partial charge in [0.25, 0.3) is 0 Å². The van der Waals surface area contributed by atoms with E-state index >= 15 is 0 Å². The molecule has 5 heteroatoms. The Labute approximate surface area is 142 Å². The Bertz CT molecular complexity index is 648. The number of carbonyl (C=O) groups is 1. The van der Waals surface area contributed by atoms with Crippen LogP contribution in [0.5, 0.6) is 5.75 Å². The van der Waals surface area contributed by atoms with Gasteiger partial charge in [0.1, 0.15) is 11.9 Å². The molecule has 0 spiro atoms. The molecule has 1 saturated heterocycles. The van der Waals surface area contributed by atoms with Gasteiger partial charge in [0.15, 0.2) is 0 Å². The van der Waals surface area contributed by atoms with Gasteiger partial charge in [-0.3, -0.25) is 14.7 Å². The number of ether oxygens (including phenoxy) is 1. The number of rotatable bonds is 6. The molecule has 0 bridgehead atoms. The van der Waals surface area contributed by atoms with E-state index in [0.717, 1.165) is 24.4 Å². The van der Waals surface area contributed by atoms with Crippen LogP contribution in [0.25, 0.3) is 0 Å². The third-order valence-electron chi connectivity index (χ3n) is 4.11. The van der Waals surface area contributed by atoms with Gasteiger partial charge in [0.05, 0.1) is 18.8 Å². The zero-order valence-corrected chi connectivity index (χ0v) is 14.0. The van der Waals surface area contributed by atoms with Crippen LogP contribution in [0.3, 0.4) is 0 Å². The molecule has 3 rings (SSSR count). The van der Waals surface area contributed by atoms with Crippen molar-refractivity contribution in [3.8, 4) is 5.75 Å². The van der Waals surface area contributed by atoms with Crippen LogP contribution in [0, 0.1) is 0 Å². The van der Waals surface area contributed by atoms with E-state index in [4.69, 9.17) is 4.74 Å². The summed E-state index contributed by atoms with van der Waals surface area (Å²) in [6.07, 6.45) is 2.74. The Morgan fingerprint density at radius 3 is 2.79 bits per heavy atom. The number of para-hydroxylation sites is 1. The predicted octanol–water partition coefficient (Wildman–Crippen LogP) is 2.19. The summed E-state index contributed by atoms with van der Waals surface area (Å²) in [5, 5.41) is 0. The van der Waals surface area contributed by atoms with Gasteiger partial charge in [-0.05, 0) is 31.3 Å². The van der Waals surface area contributed by atoms with Gasteiger partial charge in [-0.25, -0.2) is 0 Å². The first-order valence-corrected chi connectivity index (χ1v) is 8.28. The Hall–Kier alpha value is -2.40. The fourth-order valence-electron chi connectivity index (χ4n) is 2.90. The maximum absolute atomic E-state index is 12.5. The Kier molecular flexibility index (Phi) is 5.43. The molecule has 0 saturated carbocycles. The first-order chi connectivity index (χ1) is 11.7. The minimum absolute atomic E-state index is 0.0810. The average molecular weight is 325 g/mol. The average Bonchev–Trinajstić information content (AvgIpc) is 3.05. The van der Waals surface area contributed by atoms with Crippen molar-refractivity contribution in [2.24, 2.45) is 0 Å². The van der Waals surface area contributed by atoms with E-state index < -0.39 is 0 Å². The van der Waals surface area contributed by atoms with Crippen LogP contribution in [-0.2, 0) is 11.3 Å². The minimum atomic E-state index is 0.0810. The van der Waals surface area contributed by atoms with Crippen molar-refractivity contribution < 1.29 is 9.53 Å². The standard InChI is InChI=1S/C19H23N3O2/c1-21(13-16-7-5-6-11-20-16)15-19(23)22-12-10-18(14-22)24-17-8-3-2-4-9-17/h2-9,11,18H,10,12-15H2,1H3. The monoisotopic (exact) mass is 325 g/mol. The van der Waals surface area contributed by atoms with Crippen molar-refractivity contribution in [1.29, 1.82) is 0 Å². The highest BCUT2D eigenvalue weighted by molar-refractivity contribution is 5.78. The second-order valence-electron chi connectivity index (χ2n) is 6.17. The quantitative estimate of drug-likeness (QED) is 0.817. The maximum atomic E-state index is 12.5. The van der Waals surface area contributed by atoms with Gasteiger partial charge >= 0.3 is 0 Å². The second-order valence-corrected chi connectivity index (χ2v) is 6.17. The van der Waals surface area contributed by atoms with Crippen molar-refractivity contribution in [1.82, 2.24) is 14.8 Å². The molecule has 1 aliphatic rings. The van der Waals surface area contributed by atoms with E-state index in [1.807, 2.05) is 65.4 Å². The lowest BCUT2D eigenvalue weighted by Gasteiger charge is -2.21. The van der Waals surface area contributed by atoms with E-state index in [0.29, 0.717) is 19.6 Å². The summed E-state index contributed by atoms with van der Waals surface area (Å²) in [7, 11) is 1.95. The number of aromatic nitrogens is 1. The van der Waals surface area contributed by atoms with Gasteiger partial charge in [0.2, 0.25) is 5.91 Å². The van der Waals surface area contributed by atoms with E-state index in [-0.39, 0.29) is 12.0 Å². The number of pyridine rings is 1. The zero-order valence-electron chi connectivity index (χ0n) is 14.0. The van der Waals surface area contributed by atoms with E-state index in [1.165, 1.54) is 0 Å². The van der Waals surface area contributed by atoms with E-state index in [2.05, 4.69) is 4.98 Å². The second kappa shape index (κ2) is 7.93. The van der Waals surface area contributed by atoms with Crippen LogP contribution in [0.1, 0.15) is 12.1 Å². The first-order valence-electron chi connectivity index (χ1n) is 8.28. The molecule has 0 radical (unpaired) electrons. The van der Waals surface area contributed by atoms with Crippen LogP contribution in [0.2, 0.25) is 0 Å². The highest BCUT2D eigenvalue weighted by Gasteiger charge is 2.27. The van der Waals surface area contributed by atoms with Gasteiger partial charge in [-0.2, -0.15) is 0 Å². The summed E-state index contributed by atoms with van der Waals surface area (Å²) in [5.74, 6) is 1.01. The van der Waals surface area contributed by atoms with Crippen LogP contribution < -0.4 is 4.74 Å². The smallest absolute Gasteiger partial charge is 0.236 e. The number of likely N-dealkylation sites (N-methyl/N-ethyl adjacent to an activating group) is 1. The predicted molar refractivity (Wildman–Crippen MR) is 92.6 cm³/mol. The minimum Gasteiger partial charge on any atom is -0.489 e. The molecule has 0 aliphatic carbocycles. The largest absolute Gasteiger partial charge is 0.489 e. The van der Waals surface area contributed by atoms with Crippen molar-refractivity contribution >= 4 is 5.91 Å². The third-order valence-corrected chi connectivity index (χ3v) is 4.11. The van der Waals surface area contributed by atoms with Gasteiger partial charge < -0.3 is 9.64 Å². The Balaban J connectivity index is 1.46. The van der Waals surface area contributed by atoms with Gasteiger partial charge in [-0.1, -0.05) is 24.3 Å². The molecule has 1 fully saturated rings. The topological polar surface area (TPSA) is 45.7 Å². The maximum Gasteiger partial charge on any atom is 0.236 e. The van der Waals surface area contributed by atoms with Gasteiger partial charge in [-0.15, -0.1) is 0 Å². The summed E-state index contributed by atoms with van der Waals surface area (Å²) in [4.78, 5) is 20.6. The Morgan fingerprint density at radius 2 is 2.04 bits per heavy atom. The molecule has 1 aromatic carbocycles. The van der Waals surface area contributed by atoms with Crippen molar-refractivity contribution in [3.63, 3.8) is 0 Å². The first kappa shape index (κ1) is 16.5. The number of hydrogen-bond donors (Lipinski definition) is 0. The van der Waals surface area contributed by atoms with E-state index in [1.54, 1.807) is 6.20 Å². The molecule has 2 heterocycles. The number of hydrogen-bond acceptors (Lipinski definition) is 4. The van der Waals surface area contributed by atoms with Crippen molar-refractivity contribution in [2.75, 3.05) is 26.7 Å². The fourth-order valence-corrected chi connectivity index (χ4v) is 2.90. The number of likely N-dealkylation sites (tertiary alicyclic amines) is 1. The van der Waals surface area contributed by atoms with Gasteiger partial charge in [0, 0.05) is 25.7 Å². The van der Waals surface area contributed by atoms with Crippen molar-refractivity contribution in [3.05, 3.63) is 60.4 Å². The number of carbonyl (C=O) groups excluding carboxylic acids is 1. The van der Waals surface area contributed by atoms with E-state index in [9.17, 15) is 4.79 Å². The zero-order chi connectivity index (χ0) is 16.8. The number of nitrogens with zero attached hydrogens (tertiary/aromatic N) is 3. The molecule has 1 atom stereocenters. The highest BCUT2D eigenvalue weighted by atomic mass is 16.5. The third kappa shape index (κ3) is 4.55. The molecule has 2 aromatic rings. The molecule has 126 valence electrons. The molecule has 1 amide bonds. The molecule has 1 unspecified atom stereocenters. The lowest BCUT2D eigenvalue weighted by Crippen LogP contribution is -2.38. The fraction of sp³-hybridized carbons (Fsp3) is 0.368. The van der Waals surface area contributed by atoms with Crippen LogP contribution in [-0.4, -0.2) is 53.5 Å². The molecular formula is C19H23N3O2. The molecular weight excluding hydrogens is 302 g/mol. The lowest BCUT2D eigenvalue weighted by molar-refractivity contribution is -0.131. The van der Waals surface area contributed by atoms with Crippen molar-refractivity contribution in [2.45, 2.75) is 19.1 Å². The number of amides is 1.